The molecule has 0 radical (unpaired) electrons. The second kappa shape index (κ2) is 4.86. The van der Waals surface area contributed by atoms with E-state index in [4.69, 9.17) is 4.74 Å². The topological polar surface area (TPSA) is 26.3 Å². The predicted octanol–water partition coefficient (Wildman–Crippen LogP) is 3.57. The molecule has 0 aliphatic carbocycles. The predicted molar refractivity (Wildman–Crippen MR) is 65.4 cm³/mol. The molecule has 0 fully saturated rings. The molecular formula is C13H10F2O2S. The van der Waals surface area contributed by atoms with E-state index in [1.165, 1.54) is 20.1 Å². The number of rotatable bonds is 3. The molecule has 0 N–H and O–H groups in total. The minimum absolute atomic E-state index is 0.144. The Morgan fingerprint density at radius 3 is 2.67 bits per heavy atom. The molecule has 2 aromatic rings. The van der Waals surface area contributed by atoms with Gasteiger partial charge in [0, 0.05) is 6.07 Å². The lowest BCUT2D eigenvalue weighted by molar-refractivity contribution is 0.103. The number of carbonyl (C=O) groups excluding carboxylic acids is 1. The fourth-order valence-corrected chi connectivity index (χ4v) is 2.39. The molecule has 0 amide bonds. The van der Waals surface area contributed by atoms with Crippen molar-refractivity contribution in [3.05, 3.63) is 51.2 Å². The molecule has 0 saturated carbocycles. The molecule has 94 valence electrons. The highest BCUT2D eigenvalue weighted by Gasteiger charge is 2.20. The average molecular weight is 268 g/mol. The second-order valence-electron chi connectivity index (χ2n) is 3.73. The first-order valence-electron chi connectivity index (χ1n) is 5.16. The van der Waals surface area contributed by atoms with Crippen molar-refractivity contribution in [3.8, 4) is 5.75 Å². The summed E-state index contributed by atoms with van der Waals surface area (Å²) >= 11 is 1.16. The van der Waals surface area contributed by atoms with Gasteiger partial charge in [0.15, 0.2) is 0 Å². The summed E-state index contributed by atoms with van der Waals surface area (Å²) in [4.78, 5) is 12.4. The third-order valence-electron chi connectivity index (χ3n) is 2.55. The fourth-order valence-electron chi connectivity index (χ4n) is 1.58. The van der Waals surface area contributed by atoms with Gasteiger partial charge in [-0.25, -0.2) is 8.78 Å². The highest BCUT2D eigenvalue weighted by atomic mass is 32.1. The number of aryl methyl sites for hydroxylation is 1. The number of carbonyl (C=O) groups is 1. The van der Waals surface area contributed by atoms with Gasteiger partial charge in [-0.2, -0.15) is 0 Å². The molecule has 0 saturated heterocycles. The van der Waals surface area contributed by atoms with E-state index in [2.05, 4.69) is 0 Å². The standard InChI is InChI=1S/C13H10F2O2S/c1-7-5-8(10(15)6-9(7)14)12(16)13-11(17-2)3-4-18-13/h3-6H,1-2H3. The summed E-state index contributed by atoms with van der Waals surface area (Å²) in [6.45, 7) is 1.48. The Balaban J connectivity index is 2.50. The smallest absolute Gasteiger partial charge is 0.209 e. The van der Waals surface area contributed by atoms with E-state index in [0.29, 0.717) is 10.6 Å². The van der Waals surface area contributed by atoms with Gasteiger partial charge in [0.1, 0.15) is 22.3 Å². The molecule has 2 rings (SSSR count). The first-order chi connectivity index (χ1) is 8.54. The number of ketones is 1. The van der Waals surface area contributed by atoms with Crippen LogP contribution in [-0.4, -0.2) is 12.9 Å². The van der Waals surface area contributed by atoms with Gasteiger partial charge in [0.05, 0.1) is 12.7 Å². The first-order valence-corrected chi connectivity index (χ1v) is 6.04. The zero-order valence-electron chi connectivity index (χ0n) is 9.79. The molecule has 1 heterocycles. The van der Waals surface area contributed by atoms with E-state index in [9.17, 15) is 13.6 Å². The number of hydrogen-bond acceptors (Lipinski definition) is 3. The Hall–Kier alpha value is -1.75. The van der Waals surface area contributed by atoms with Crippen molar-refractivity contribution >= 4 is 17.1 Å². The van der Waals surface area contributed by atoms with Gasteiger partial charge in [-0.3, -0.25) is 4.79 Å². The minimum Gasteiger partial charge on any atom is -0.495 e. The number of benzene rings is 1. The average Bonchev–Trinajstić information content (AvgIpc) is 2.81. The van der Waals surface area contributed by atoms with Gasteiger partial charge >= 0.3 is 0 Å². The summed E-state index contributed by atoms with van der Waals surface area (Å²) < 4.78 is 31.8. The van der Waals surface area contributed by atoms with Gasteiger partial charge < -0.3 is 4.74 Å². The molecule has 0 unspecified atom stereocenters. The van der Waals surface area contributed by atoms with Crippen LogP contribution in [0.25, 0.3) is 0 Å². The van der Waals surface area contributed by atoms with Gasteiger partial charge in [0.25, 0.3) is 0 Å². The lowest BCUT2D eigenvalue weighted by Crippen LogP contribution is -2.05. The SMILES string of the molecule is COc1ccsc1C(=O)c1cc(C)c(F)cc1F. The molecule has 0 bridgehead atoms. The molecule has 1 aromatic heterocycles. The molecule has 0 aliphatic rings. The van der Waals surface area contributed by atoms with Gasteiger partial charge in [-0.05, 0) is 30.0 Å². The zero-order valence-corrected chi connectivity index (χ0v) is 10.6. The van der Waals surface area contributed by atoms with E-state index >= 15 is 0 Å². The highest BCUT2D eigenvalue weighted by molar-refractivity contribution is 7.12. The van der Waals surface area contributed by atoms with Crippen molar-refractivity contribution in [2.45, 2.75) is 6.92 Å². The lowest BCUT2D eigenvalue weighted by Gasteiger charge is -2.05. The molecule has 2 nitrogen and oxygen atoms in total. The first kappa shape index (κ1) is 12.7. The molecule has 18 heavy (non-hydrogen) atoms. The van der Waals surface area contributed by atoms with Crippen molar-refractivity contribution < 1.29 is 18.3 Å². The van der Waals surface area contributed by atoms with Crippen molar-refractivity contribution in [1.29, 1.82) is 0 Å². The van der Waals surface area contributed by atoms with Crippen LogP contribution in [0.3, 0.4) is 0 Å². The van der Waals surface area contributed by atoms with Crippen LogP contribution in [0.15, 0.2) is 23.6 Å². The van der Waals surface area contributed by atoms with Gasteiger partial charge in [-0.15, -0.1) is 11.3 Å². The van der Waals surface area contributed by atoms with E-state index in [-0.39, 0.29) is 11.1 Å². The van der Waals surface area contributed by atoms with Crippen molar-refractivity contribution in [1.82, 2.24) is 0 Å². The van der Waals surface area contributed by atoms with Crippen molar-refractivity contribution in [2.24, 2.45) is 0 Å². The van der Waals surface area contributed by atoms with Gasteiger partial charge in [0.2, 0.25) is 5.78 Å². The Labute approximate surface area is 107 Å². The van der Waals surface area contributed by atoms with Crippen LogP contribution < -0.4 is 4.74 Å². The van der Waals surface area contributed by atoms with E-state index < -0.39 is 17.4 Å². The van der Waals surface area contributed by atoms with Crippen LogP contribution in [0, 0.1) is 18.6 Å². The summed E-state index contributed by atoms with van der Waals surface area (Å²) in [6, 6.07) is 3.57. The number of halogens is 2. The summed E-state index contributed by atoms with van der Waals surface area (Å²) in [7, 11) is 1.44. The number of thiophene rings is 1. The lowest BCUT2D eigenvalue weighted by atomic mass is 10.1. The molecule has 1 aromatic carbocycles. The maximum Gasteiger partial charge on any atom is 0.209 e. The van der Waals surface area contributed by atoms with Crippen LogP contribution >= 0.6 is 11.3 Å². The fraction of sp³-hybridized carbons (Fsp3) is 0.154. The molecule has 0 aliphatic heterocycles. The Kier molecular flexibility index (Phi) is 3.43. The van der Waals surface area contributed by atoms with Crippen molar-refractivity contribution in [3.63, 3.8) is 0 Å². The normalized spacial score (nSPS) is 10.4. The second-order valence-corrected chi connectivity index (χ2v) is 4.64. The van der Waals surface area contributed by atoms with Crippen LogP contribution in [0.4, 0.5) is 8.78 Å². The molecular weight excluding hydrogens is 258 g/mol. The van der Waals surface area contributed by atoms with Crippen LogP contribution in [0.2, 0.25) is 0 Å². The van der Waals surface area contributed by atoms with E-state index in [1.807, 2.05) is 0 Å². The van der Waals surface area contributed by atoms with Crippen molar-refractivity contribution in [2.75, 3.05) is 7.11 Å². The van der Waals surface area contributed by atoms with Crippen LogP contribution in [0.5, 0.6) is 5.75 Å². The Morgan fingerprint density at radius 2 is 2.00 bits per heavy atom. The van der Waals surface area contributed by atoms with E-state index in [0.717, 1.165) is 17.4 Å². The number of methoxy groups -OCH3 is 1. The Morgan fingerprint density at radius 1 is 1.28 bits per heavy atom. The maximum atomic E-state index is 13.6. The highest BCUT2D eigenvalue weighted by Crippen LogP contribution is 2.28. The maximum absolute atomic E-state index is 13.6. The minimum atomic E-state index is -0.862. The molecule has 0 atom stereocenters. The third kappa shape index (κ3) is 2.13. The summed E-state index contributed by atoms with van der Waals surface area (Å²) in [5.41, 5.74) is 0.0879. The monoisotopic (exact) mass is 268 g/mol. The van der Waals surface area contributed by atoms with Crippen LogP contribution in [0.1, 0.15) is 20.8 Å². The quantitative estimate of drug-likeness (QED) is 0.795. The summed E-state index contributed by atoms with van der Waals surface area (Å²) in [5, 5.41) is 1.68. The molecule has 5 heteroatoms. The Bertz CT molecular complexity index is 605. The van der Waals surface area contributed by atoms with E-state index in [1.54, 1.807) is 11.4 Å². The van der Waals surface area contributed by atoms with Crippen LogP contribution in [-0.2, 0) is 0 Å². The summed E-state index contributed by atoms with van der Waals surface area (Å²) in [6.07, 6.45) is 0. The molecule has 0 spiro atoms. The van der Waals surface area contributed by atoms with Gasteiger partial charge in [-0.1, -0.05) is 0 Å². The summed E-state index contributed by atoms with van der Waals surface area (Å²) in [5.74, 6) is -1.63. The largest absolute Gasteiger partial charge is 0.495 e. The number of ether oxygens (including phenoxy) is 1. The zero-order chi connectivity index (χ0) is 13.3. The third-order valence-corrected chi connectivity index (χ3v) is 3.44. The number of hydrogen-bond donors (Lipinski definition) is 0.